The van der Waals surface area contributed by atoms with Crippen LogP contribution in [0.25, 0.3) is 10.9 Å². The summed E-state index contributed by atoms with van der Waals surface area (Å²) in [7, 11) is 0. The Kier molecular flexibility index (Phi) is 3.48. The Labute approximate surface area is 117 Å². The molecule has 4 heteroatoms. The summed E-state index contributed by atoms with van der Waals surface area (Å²) in [6.07, 6.45) is 0. The predicted octanol–water partition coefficient (Wildman–Crippen LogP) is 3.13. The molecule has 20 heavy (non-hydrogen) atoms. The Morgan fingerprint density at radius 2 is 1.90 bits per heavy atom. The molecule has 0 radical (unpaired) electrons. The van der Waals surface area contributed by atoms with Crippen molar-refractivity contribution in [3.05, 3.63) is 59.1 Å². The average molecular weight is 267 g/mol. The molecule has 2 heterocycles. The number of nitrogens with zero attached hydrogens (tertiary/aromatic N) is 2. The molecule has 0 unspecified atom stereocenters. The van der Waals surface area contributed by atoms with Crippen LogP contribution in [0.1, 0.15) is 22.7 Å². The van der Waals surface area contributed by atoms with Gasteiger partial charge in [-0.05, 0) is 37.6 Å². The molecular formula is C16H17N3O. The van der Waals surface area contributed by atoms with E-state index in [0.29, 0.717) is 6.54 Å². The second-order valence-corrected chi connectivity index (χ2v) is 5.02. The number of pyridine rings is 1. The standard InChI is InChI=1S/C16H17N3O/c1-11-3-5-14-8-13(4-6-16(14)18-11)9-17-10-15-7-12(2)19-20-15/h3-8,17H,9-10H2,1-2H3. The van der Waals surface area contributed by atoms with Crippen molar-refractivity contribution in [2.24, 2.45) is 0 Å². The number of benzene rings is 1. The van der Waals surface area contributed by atoms with Gasteiger partial charge in [-0.25, -0.2) is 0 Å². The zero-order valence-electron chi connectivity index (χ0n) is 11.7. The predicted molar refractivity (Wildman–Crippen MR) is 78.3 cm³/mol. The minimum absolute atomic E-state index is 0.686. The maximum absolute atomic E-state index is 5.16. The van der Waals surface area contributed by atoms with Gasteiger partial charge in [0.05, 0.1) is 17.8 Å². The highest BCUT2D eigenvalue weighted by Crippen LogP contribution is 2.14. The summed E-state index contributed by atoms with van der Waals surface area (Å²) < 4.78 is 5.16. The highest BCUT2D eigenvalue weighted by atomic mass is 16.5. The molecule has 0 amide bonds. The van der Waals surface area contributed by atoms with Gasteiger partial charge in [0.25, 0.3) is 0 Å². The van der Waals surface area contributed by atoms with Gasteiger partial charge in [0.2, 0.25) is 0 Å². The lowest BCUT2D eigenvalue weighted by atomic mass is 10.1. The van der Waals surface area contributed by atoms with Crippen LogP contribution in [-0.2, 0) is 13.1 Å². The third-order valence-corrected chi connectivity index (χ3v) is 3.20. The number of hydrogen-bond donors (Lipinski definition) is 1. The Morgan fingerprint density at radius 3 is 2.70 bits per heavy atom. The molecule has 1 aromatic carbocycles. The number of fused-ring (bicyclic) bond motifs is 1. The quantitative estimate of drug-likeness (QED) is 0.789. The van der Waals surface area contributed by atoms with Gasteiger partial charge in [0, 0.05) is 23.7 Å². The van der Waals surface area contributed by atoms with Gasteiger partial charge >= 0.3 is 0 Å². The summed E-state index contributed by atoms with van der Waals surface area (Å²) in [5, 5.41) is 8.39. The third kappa shape index (κ3) is 2.86. The fourth-order valence-corrected chi connectivity index (χ4v) is 2.22. The molecule has 0 saturated heterocycles. The molecule has 3 aromatic rings. The lowest BCUT2D eigenvalue weighted by Gasteiger charge is -2.05. The Morgan fingerprint density at radius 1 is 1.00 bits per heavy atom. The van der Waals surface area contributed by atoms with Crippen LogP contribution in [0.3, 0.4) is 0 Å². The fourth-order valence-electron chi connectivity index (χ4n) is 2.22. The van der Waals surface area contributed by atoms with Gasteiger partial charge in [0.15, 0.2) is 5.76 Å². The van der Waals surface area contributed by atoms with E-state index in [0.717, 1.165) is 29.2 Å². The first-order chi connectivity index (χ1) is 9.70. The van der Waals surface area contributed by atoms with Crippen molar-refractivity contribution in [1.82, 2.24) is 15.5 Å². The summed E-state index contributed by atoms with van der Waals surface area (Å²) in [6.45, 7) is 5.41. The van der Waals surface area contributed by atoms with Crippen LogP contribution in [0.15, 0.2) is 40.9 Å². The zero-order chi connectivity index (χ0) is 13.9. The van der Waals surface area contributed by atoms with Gasteiger partial charge in [-0.3, -0.25) is 4.98 Å². The number of hydrogen-bond acceptors (Lipinski definition) is 4. The van der Waals surface area contributed by atoms with Crippen LogP contribution >= 0.6 is 0 Å². The number of aryl methyl sites for hydroxylation is 2. The van der Waals surface area contributed by atoms with E-state index in [-0.39, 0.29) is 0 Å². The number of rotatable bonds is 4. The fraction of sp³-hybridized carbons (Fsp3) is 0.250. The van der Waals surface area contributed by atoms with Crippen LogP contribution in [0.4, 0.5) is 0 Å². The monoisotopic (exact) mass is 267 g/mol. The topological polar surface area (TPSA) is 51.0 Å². The zero-order valence-corrected chi connectivity index (χ0v) is 11.7. The van der Waals surface area contributed by atoms with E-state index in [9.17, 15) is 0 Å². The van der Waals surface area contributed by atoms with Gasteiger partial charge in [-0.15, -0.1) is 0 Å². The van der Waals surface area contributed by atoms with Crippen molar-refractivity contribution in [2.45, 2.75) is 26.9 Å². The van der Waals surface area contributed by atoms with Crippen LogP contribution in [0.5, 0.6) is 0 Å². The van der Waals surface area contributed by atoms with Gasteiger partial charge in [0.1, 0.15) is 0 Å². The van der Waals surface area contributed by atoms with Gasteiger partial charge in [-0.1, -0.05) is 17.3 Å². The van der Waals surface area contributed by atoms with Crippen LogP contribution in [0.2, 0.25) is 0 Å². The van der Waals surface area contributed by atoms with Crippen LogP contribution in [0, 0.1) is 13.8 Å². The minimum atomic E-state index is 0.686. The van der Waals surface area contributed by atoms with Gasteiger partial charge < -0.3 is 9.84 Å². The van der Waals surface area contributed by atoms with E-state index in [1.54, 1.807) is 0 Å². The first kappa shape index (κ1) is 12.8. The van der Waals surface area contributed by atoms with Gasteiger partial charge in [-0.2, -0.15) is 0 Å². The molecule has 1 N–H and O–H groups in total. The second-order valence-electron chi connectivity index (χ2n) is 5.02. The van der Waals surface area contributed by atoms with E-state index in [4.69, 9.17) is 4.52 Å². The van der Waals surface area contributed by atoms with E-state index in [2.05, 4.69) is 39.7 Å². The molecule has 0 bridgehead atoms. The summed E-state index contributed by atoms with van der Waals surface area (Å²) in [4.78, 5) is 4.50. The number of aromatic nitrogens is 2. The van der Waals surface area contributed by atoms with E-state index in [1.807, 2.05) is 26.0 Å². The maximum Gasteiger partial charge on any atom is 0.150 e. The molecular weight excluding hydrogens is 250 g/mol. The molecule has 4 nitrogen and oxygen atoms in total. The summed E-state index contributed by atoms with van der Waals surface area (Å²) in [5.41, 5.74) is 4.23. The molecule has 0 aliphatic carbocycles. The lowest BCUT2D eigenvalue weighted by molar-refractivity contribution is 0.369. The molecule has 0 aliphatic heterocycles. The lowest BCUT2D eigenvalue weighted by Crippen LogP contribution is -2.12. The molecule has 0 spiro atoms. The summed E-state index contributed by atoms with van der Waals surface area (Å²) in [6, 6.07) is 12.4. The van der Waals surface area contributed by atoms with Crippen molar-refractivity contribution in [1.29, 1.82) is 0 Å². The Hall–Kier alpha value is -2.20. The highest BCUT2D eigenvalue weighted by Gasteiger charge is 2.01. The smallest absolute Gasteiger partial charge is 0.150 e. The molecule has 0 aliphatic rings. The SMILES string of the molecule is Cc1cc(CNCc2ccc3nc(C)ccc3c2)on1. The molecule has 102 valence electrons. The average Bonchev–Trinajstić information content (AvgIpc) is 2.85. The van der Waals surface area contributed by atoms with Crippen molar-refractivity contribution in [2.75, 3.05) is 0 Å². The van der Waals surface area contributed by atoms with E-state index >= 15 is 0 Å². The molecule has 0 fully saturated rings. The molecule has 3 rings (SSSR count). The van der Waals surface area contributed by atoms with E-state index in [1.165, 1.54) is 10.9 Å². The van der Waals surface area contributed by atoms with Crippen molar-refractivity contribution in [3.8, 4) is 0 Å². The van der Waals surface area contributed by atoms with E-state index < -0.39 is 0 Å². The van der Waals surface area contributed by atoms with Crippen molar-refractivity contribution in [3.63, 3.8) is 0 Å². The largest absolute Gasteiger partial charge is 0.360 e. The summed E-state index contributed by atoms with van der Waals surface area (Å²) >= 11 is 0. The van der Waals surface area contributed by atoms with Crippen molar-refractivity contribution < 1.29 is 4.52 Å². The first-order valence-electron chi connectivity index (χ1n) is 6.70. The second kappa shape index (κ2) is 5.43. The van der Waals surface area contributed by atoms with Crippen molar-refractivity contribution >= 4 is 10.9 Å². The highest BCUT2D eigenvalue weighted by molar-refractivity contribution is 5.79. The summed E-state index contributed by atoms with van der Waals surface area (Å²) in [5.74, 6) is 0.862. The third-order valence-electron chi connectivity index (χ3n) is 3.20. The van der Waals surface area contributed by atoms with Crippen LogP contribution < -0.4 is 5.32 Å². The molecule has 2 aromatic heterocycles. The first-order valence-corrected chi connectivity index (χ1v) is 6.70. The maximum atomic E-state index is 5.16. The van der Waals surface area contributed by atoms with Crippen LogP contribution in [-0.4, -0.2) is 10.1 Å². The Balaban J connectivity index is 1.67. The normalized spacial score (nSPS) is 11.1. The minimum Gasteiger partial charge on any atom is -0.360 e. The molecule has 0 atom stereocenters. The number of nitrogens with one attached hydrogen (secondary N) is 1. The Bertz CT molecular complexity index is 733. The molecule has 0 saturated carbocycles.